The van der Waals surface area contributed by atoms with Crippen LogP contribution in [0.2, 0.25) is 4.34 Å². The van der Waals surface area contributed by atoms with Gasteiger partial charge in [-0.05, 0) is 29.8 Å². The van der Waals surface area contributed by atoms with Crippen LogP contribution >= 0.6 is 22.9 Å². The van der Waals surface area contributed by atoms with E-state index in [1.165, 1.54) is 11.3 Å². The van der Waals surface area contributed by atoms with Crippen molar-refractivity contribution in [3.63, 3.8) is 0 Å². The van der Waals surface area contributed by atoms with Gasteiger partial charge in [-0.2, -0.15) is 0 Å². The van der Waals surface area contributed by atoms with Gasteiger partial charge in [0.05, 0.1) is 21.5 Å². The molecule has 1 aromatic carbocycles. The lowest BCUT2D eigenvalue weighted by molar-refractivity contribution is 0.422. The average molecular weight is 368 g/mol. The van der Waals surface area contributed by atoms with Crippen molar-refractivity contribution in [2.45, 2.75) is 6.54 Å². The summed E-state index contributed by atoms with van der Waals surface area (Å²) in [6, 6.07) is 19.1. The van der Waals surface area contributed by atoms with Crippen LogP contribution in [0.3, 0.4) is 0 Å². The van der Waals surface area contributed by atoms with E-state index in [0.717, 1.165) is 21.8 Å². The fourth-order valence-electron chi connectivity index (χ4n) is 2.70. The number of thiophene rings is 1. The summed E-state index contributed by atoms with van der Waals surface area (Å²) in [6.45, 7) is 0.421. The van der Waals surface area contributed by atoms with Gasteiger partial charge in [0, 0.05) is 11.8 Å². The Morgan fingerprint density at radius 2 is 1.96 bits per heavy atom. The number of hydrogen-bond acceptors (Lipinski definition) is 4. The standard InChI is InChI=1S/C19H12ClN2O2S/c20-19-9-8-18(25-19)17-10-14(21-24-17)11-22-15(12-23)6-7-16(22)13-4-2-1-3-5-13/h1-10H,11H2. The van der Waals surface area contributed by atoms with Gasteiger partial charge in [0.25, 0.3) is 6.29 Å². The summed E-state index contributed by atoms with van der Waals surface area (Å²) in [5.74, 6) is 0.664. The summed E-state index contributed by atoms with van der Waals surface area (Å²) >= 11 is 7.40. The van der Waals surface area contributed by atoms with Crippen LogP contribution in [0, 0.1) is 0 Å². The van der Waals surface area contributed by atoms with Gasteiger partial charge in [0.15, 0.2) is 5.76 Å². The zero-order chi connectivity index (χ0) is 17.2. The van der Waals surface area contributed by atoms with Crippen molar-refractivity contribution in [2.75, 3.05) is 0 Å². The zero-order valence-electron chi connectivity index (χ0n) is 13.0. The molecule has 123 valence electrons. The molecule has 3 aromatic heterocycles. The smallest absolute Gasteiger partial charge is 0.251 e. The monoisotopic (exact) mass is 367 g/mol. The third kappa shape index (κ3) is 3.16. The first kappa shape index (κ1) is 15.9. The molecule has 0 aliphatic rings. The normalized spacial score (nSPS) is 10.9. The highest BCUT2D eigenvalue weighted by atomic mass is 35.5. The Bertz CT molecular complexity index is 1020. The minimum Gasteiger partial charge on any atom is -0.355 e. The summed E-state index contributed by atoms with van der Waals surface area (Å²) in [6.07, 6.45) is 1.99. The van der Waals surface area contributed by atoms with Crippen LogP contribution in [-0.4, -0.2) is 16.0 Å². The number of rotatable bonds is 5. The molecule has 0 saturated carbocycles. The van der Waals surface area contributed by atoms with Crippen LogP contribution in [0.1, 0.15) is 11.4 Å². The van der Waals surface area contributed by atoms with Crippen molar-refractivity contribution in [2.24, 2.45) is 0 Å². The van der Waals surface area contributed by atoms with Gasteiger partial charge in [-0.15, -0.1) is 11.3 Å². The predicted octanol–water partition coefficient (Wildman–Crippen LogP) is 5.03. The molecule has 0 bridgehead atoms. The van der Waals surface area contributed by atoms with Crippen LogP contribution in [0.4, 0.5) is 0 Å². The molecule has 1 radical (unpaired) electrons. The van der Waals surface area contributed by atoms with E-state index in [9.17, 15) is 4.79 Å². The van der Waals surface area contributed by atoms with Gasteiger partial charge in [0.2, 0.25) is 0 Å². The van der Waals surface area contributed by atoms with Crippen molar-refractivity contribution in [3.05, 3.63) is 76.4 Å². The van der Waals surface area contributed by atoms with Crippen LogP contribution < -0.4 is 0 Å². The summed E-state index contributed by atoms with van der Waals surface area (Å²) in [7, 11) is 0. The first-order chi connectivity index (χ1) is 12.2. The number of nitrogens with zero attached hydrogens (tertiary/aromatic N) is 2. The van der Waals surface area contributed by atoms with E-state index in [2.05, 4.69) is 5.16 Å². The largest absolute Gasteiger partial charge is 0.355 e. The molecule has 4 aromatic rings. The van der Waals surface area contributed by atoms with Crippen molar-refractivity contribution in [1.29, 1.82) is 0 Å². The average Bonchev–Trinajstić information content (AvgIpc) is 3.36. The zero-order valence-corrected chi connectivity index (χ0v) is 14.6. The lowest BCUT2D eigenvalue weighted by atomic mass is 10.1. The Labute approximate surface area is 153 Å². The molecule has 0 N–H and O–H groups in total. The Hall–Kier alpha value is -2.63. The number of aromatic nitrogens is 2. The summed E-state index contributed by atoms with van der Waals surface area (Å²) in [5.41, 5.74) is 3.16. The van der Waals surface area contributed by atoms with Gasteiger partial charge in [-0.3, -0.25) is 4.79 Å². The molecule has 0 saturated heterocycles. The minimum atomic E-state index is 0.421. The maximum atomic E-state index is 11.3. The van der Waals surface area contributed by atoms with E-state index in [1.807, 2.05) is 65.5 Å². The van der Waals surface area contributed by atoms with E-state index >= 15 is 0 Å². The molecule has 3 heterocycles. The lowest BCUT2D eigenvalue weighted by Crippen LogP contribution is -2.05. The van der Waals surface area contributed by atoms with Crippen molar-refractivity contribution < 1.29 is 9.32 Å². The van der Waals surface area contributed by atoms with Gasteiger partial charge in [-0.1, -0.05) is 47.1 Å². The highest BCUT2D eigenvalue weighted by Gasteiger charge is 2.14. The highest BCUT2D eigenvalue weighted by Crippen LogP contribution is 2.32. The molecule has 0 aliphatic heterocycles. The molecule has 0 spiro atoms. The van der Waals surface area contributed by atoms with Gasteiger partial charge >= 0.3 is 0 Å². The second-order valence-electron chi connectivity index (χ2n) is 5.44. The Morgan fingerprint density at radius 3 is 2.68 bits per heavy atom. The fourth-order valence-corrected chi connectivity index (χ4v) is 3.69. The second-order valence-corrected chi connectivity index (χ2v) is 7.16. The Morgan fingerprint density at radius 1 is 1.12 bits per heavy atom. The van der Waals surface area contributed by atoms with E-state index in [0.29, 0.717) is 22.3 Å². The van der Waals surface area contributed by atoms with E-state index < -0.39 is 0 Å². The number of carbonyl (C=O) groups excluding carboxylic acids is 1. The maximum absolute atomic E-state index is 11.3. The quantitative estimate of drug-likeness (QED) is 0.497. The molecule has 4 nitrogen and oxygen atoms in total. The minimum absolute atomic E-state index is 0.421. The first-order valence-electron chi connectivity index (χ1n) is 7.59. The molecule has 0 aliphatic carbocycles. The molecular formula is C19H12ClN2O2S. The number of benzene rings is 1. The predicted molar refractivity (Wildman–Crippen MR) is 98.6 cm³/mol. The second kappa shape index (κ2) is 6.70. The molecule has 0 fully saturated rings. The first-order valence-corrected chi connectivity index (χ1v) is 8.78. The molecule has 25 heavy (non-hydrogen) atoms. The summed E-state index contributed by atoms with van der Waals surface area (Å²) < 4.78 is 8.00. The van der Waals surface area contributed by atoms with E-state index in [1.54, 1.807) is 6.07 Å². The van der Waals surface area contributed by atoms with Crippen LogP contribution in [-0.2, 0) is 11.3 Å². The van der Waals surface area contributed by atoms with Crippen molar-refractivity contribution in [1.82, 2.24) is 9.72 Å². The van der Waals surface area contributed by atoms with E-state index in [4.69, 9.17) is 16.1 Å². The Balaban J connectivity index is 1.68. The fraction of sp³-hybridized carbons (Fsp3) is 0.0526. The third-order valence-corrected chi connectivity index (χ3v) is 5.10. The molecule has 0 unspecified atom stereocenters. The molecular weight excluding hydrogens is 356 g/mol. The van der Waals surface area contributed by atoms with Crippen LogP contribution in [0.5, 0.6) is 0 Å². The third-order valence-electron chi connectivity index (χ3n) is 3.85. The molecule has 0 amide bonds. The number of hydrogen-bond donors (Lipinski definition) is 0. The molecule has 0 atom stereocenters. The van der Waals surface area contributed by atoms with E-state index in [-0.39, 0.29) is 0 Å². The molecule has 6 heteroatoms. The lowest BCUT2D eigenvalue weighted by Gasteiger charge is -2.09. The maximum Gasteiger partial charge on any atom is 0.251 e. The summed E-state index contributed by atoms with van der Waals surface area (Å²) in [5, 5.41) is 4.12. The topological polar surface area (TPSA) is 48.0 Å². The van der Waals surface area contributed by atoms with Crippen molar-refractivity contribution >= 4 is 29.2 Å². The van der Waals surface area contributed by atoms with Gasteiger partial charge in [-0.25, -0.2) is 0 Å². The van der Waals surface area contributed by atoms with Crippen LogP contribution in [0.15, 0.2) is 65.2 Å². The van der Waals surface area contributed by atoms with Gasteiger partial charge in [0.1, 0.15) is 5.69 Å². The number of halogens is 1. The van der Waals surface area contributed by atoms with Gasteiger partial charge < -0.3 is 9.09 Å². The SMILES string of the molecule is O=[C]c1ccc(-c2ccccc2)n1Cc1cc(-c2ccc(Cl)s2)on1. The summed E-state index contributed by atoms with van der Waals surface area (Å²) in [4.78, 5) is 12.2. The molecule has 4 rings (SSSR count). The van der Waals surface area contributed by atoms with Crippen molar-refractivity contribution in [3.8, 4) is 21.9 Å². The highest BCUT2D eigenvalue weighted by molar-refractivity contribution is 7.19. The van der Waals surface area contributed by atoms with Crippen LogP contribution in [0.25, 0.3) is 21.9 Å². The Kier molecular flexibility index (Phi) is 4.26.